The Morgan fingerprint density at radius 2 is 2.06 bits per heavy atom. The Morgan fingerprint density at radius 1 is 1.28 bits per heavy atom. The van der Waals surface area contributed by atoms with E-state index in [1.807, 2.05) is 0 Å². The van der Waals surface area contributed by atoms with E-state index in [2.05, 4.69) is 4.90 Å². The molecule has 2 fully saturated rings. The average Bonchev–Trinajstić information content (AvgIpc) is 3.14. The van der Waals surface area contributed by atoms with Crippen molar-refractivity contribution in [2.45, 2.75) is 43.8 Å². The van der Waals surface area contributed by atoms with Gasteiger partial charge < -0.3 is 5.73 Å². The molecule has 4 heteroatoms. The van der Waals surface area contributed by atoms with Gasteiger partial charge in [-0.2, -0.15) is 0 Å². The fourth-order valence-corrected chi connectivity index (χ4v) is 3.32. The van der Waals surface area contributed by atoms with Crippen LogP contribution in [0.3, 0.4) is 0 Å². The number of nitrogens with two attached hydrogens (primary N) is 1. The van der Waals surface area contributed by atoms with E-state index in [1.165, 1.54) is 18.9 Å². The first kappa shape index (κ1) is 12.4. The van der Waals surface area contributed by atoms with Crippen LogP contribution in [0.15, 0.2) is 18.2 Å². The van der Waals surface area contributed by atoms with Crippen molar-refractivity contribution in [3.8, 4) is 0 Å². The zero-order chi connectivity index (χ0) is 12.7. The van der Waals surface area contributed by atoms with Gasteiger partial charge in [-0.25, -0.2) is 4.39 Å². The summed E-state index contributed by atoms with van der Waals surface area (Å²) in [5.41, 5.74) is 6.83. The molecule has 98 valence electrons. The van der Waals surface area contributed by atoms with Crippen molar-refractivity contribution in [1.82, 2.24) is 4.90 Å². The van der Waals surface area contributed by atoms with Crippen LogP contribution in [0, 0.1) is 5.82 Å². The van der Waals surface area contributed by atoms with Crippen molar-refractivity contribution in [3.05, 3.63) is 34.6 Å². The Kier molecular flexibility index (Phi) is 3.31. The zero-order valence-electron chi connectivity index (χ0n) is 10.3. The van der Waals surface area contributed by atoms with Gasteiger partial charge in [0.1, 0.15) is 5.82 Å². The van der Waals surface area contributed by atoms with Gasteiger partial charge in [0.05, 0.1) is 6.04 Å². The summed E-state index contributed by atoms with van der Waals surface area (Å²) in [6, 6.07) is 5.39. The van der Waals surface area contributed by atoms with Crippen molar-refractivity contribution < 1.29 is 4.39 Å². The van der Waals surface area contributed by atoms with E-state index < -0.39 is 0 Å². The number of piperidine rings is 1. The van der Waals surface area contributed by atoms with Crippen molar-refractivity contribution in [3.63, 3.8) is 0 Å². The molecule has 0 spiro atoms. The quantitative estimate of drug-likeness (QED) is 0.893. The van der Waals surface area contributed by atoms with E-state index in [0.29, 0.717) is 16.6 Å². The highest BCUT2D eigenvalue weighted by Crippen LogP contribution is 2.42. The minimum absolute atomic E-state index is 0.0197. The number of hydrogen-bond acceptors (Lipinski definition) is 2. The molecular weight excluding hydrogens is 251 g/mol. The van der Waals surface area contributed by atoms with Gasteiger partial charge in [0.2, 0.25) is 0 Å². The zero-order valence-corrected chi connectivity index (χ0v) is 11.0. The van der Waals surface area contributed by atoms with Crippen molar-refractivity contribution in [2.75, 3.05) is 6.54 Å². The lowest BCUT2D eigenvalue weighted by molar-refractivity contribution is 0.117. The average molecular weight is 269 g/mol. The molecule has 0 amide bonds. The van der Waals surface area contributed by atoms with Crippen LogP contribution in [-0.2, 0) is 0 Å². The maximum Gasteiger partial charge on any atom is 0.129 e. The van der Waals surface area contributed by atoms with Gasteiger partial charge in [0.25, 0.3) is 0 Å². The van der Waals surface area contributed by atoms with E-state index in [1.54, 1.807) is 12.1 Å². The number of nitrogens with zero attached hydrogens (tertiary/aromatic N) is 1. The van der Waals surface area contributed by atoms with Crippen LogP contribution >= 0.6 is 11.6 Å². The topological polar surface area (TPSA) is 29.3 Å². The second-order valence-corrected chi connectivity index (χ2v) is 5.76. The first-order valence-electron chi connectivity index (χ1n) is 6.63. The van der Waals surface area contributed by atoms with Crippen molar-refractivity contribution in [1.29, 1.82) is 0 Å². The maximum absolute atomic E-state index is 14.1. The van der Waals surface area contributed by atoms with Gasteiger partial charge in [0, 0.05) is 22.7 Å². The molecule has 0 aromatic heterocycles. The largest absolute Gasteiger partial charge is 0.326 e. The second kappa shape index (κ2) is 4.80. The molecule has 1 aliphatic heterocycles. The van der Waals surface area contributed by atoms with Crippen LogP contribution in [0.1, 0.15) is 37.3 Å². The summed E-state index contributed by atoms with van der Waals surface area (Å²) in [4.78, 5) is 2.36. The predicted molar refractivity (Wildman–Crippen MR) is 71.1 cm³/mol. The molecule has 2 N–H and O–H groups in total. The van der Waals surface area contributed by atoms with Crippen LogP contribution in [0.4, 0.5) is 4.39 Å². The molecule has 2 unspecified atom stereocenters. The lowest BCUT2D eigenvalue weighted by Gasteiger charge is -2.40. The highest BCUT2D eigenvalue weighted by molar-refractivity contribution is 6.31. The van der Waals surface area contributed by atoms with Gasteiger partial charge >= 0.3 is 0 Å². The minimum atomic E-state index is -0.226. The Morgan fingerprint density at radius 3 is 2.72 bits per heavy atom. The Balaban J connectivity index is 2.00. The molecule has 2 aliphatic rings. The molecular formula is C14H18ClFN2. The van der Waals surface area contributed by atoms with Crippen molar-refractivity contribution >= 4 is 11.6 Å². The summed E-state index contributed by atoms with van der Waals surface area (Å²) >= 11 is 6.20. The van der Waals surface area contributed by atoms with Gasteiger partial charge in [0.15, 0.2) is 0 Å². The summed E-state index contributed by atoms with van der Waals surface area (Å²) in [6.45, 7) is 1.01. The van der Waals surface area contributed by atoms with Crippen LogP contribution in [-0.4, -0.2) is 23.5 Å². The highest BCUT2D eigenvalue weighted by Gasteiger charge is 2.40. The standard InChI is InChI=1S/C14H18ClFN2/c15-10-3-1-4-11(16)13(10)14-12(17)5-2-8-18(14)9-6-7-9/h1,3-4,9,12,14H,2,5-8,17H2. The fraction of sp³-hybridized carbons (Fsp3) is 0.571. The Bertz CT molecular complexity index is 427. The van der Waals surface area contributed by atoms with Crippen LogP contribution < -0.4 is 5.73 Å². The molecule has 2 atom stereocenters. The Hall–Kier alpha value is -0.640. The molecule has 18 heavy (non-hydrogen) atoms. The lowest BCUT2D eigenvalue weighted by atomic mass is 9.90. The second-order valence-electron chi connectivity index (χ2n) is 5.36. The SMILES string of the molecule is NC1CCCN(C2CC2)C1c1c(F)cccc1Cl. The molecule has 0 bridgehead atoms. The molecule has 2 nitrogen and oxygen atoms in total. The molecule has 3 rings (SSSR count). The number of halogens is 2. The molecule has 1 aliphatic carbocycles. The first-order chi connectivity index (χ1) is 8.68. The van der Waals surface area contributed by atoms with E-state index >= 15 is 0 Å². The van der Waals surface area contributed by atoms with E-state index in [-0.39, 0.29) is 17.9 Å². The number of rotatable bonds is 2. The van der Waals surface area contributed by atoms with Gasteiger partial charge in [-0.1, -0.05) is 17.7 Å². The third-order valence-corrected chi connectivity index (χ3v) is 4.36. The maximum atomic E-state index is 14.1. The number of likely N-dealkylation sites (tertiary alicyclic amines) is 1. The summed E-state index contributed by atoms with van der Waals surface area (Å²) < 4.78 is 14.1. The molecule has 1 aromatic carbocycles. The van der Waals surface area contributed by atoms with Crippen LogP contribution in [0.25, 0.3) is 0 Å². The number of benzene rings is 1. The highest BCUT2D eigenvalue weighted by atomic mass is 35.5. The summed E-state index contributed by atoms with van der Waals surface area (Å²) in [7, 11) is 0. The summed E-state index contributed by atoms with van der Waals surface area (Å²) in [5, 5.41) is 0.503. The van der Waals surface area contributed by atoms with Crippen LogP contribution in [0.2, 0.25) is 5.02 Å². The smallest absolute Gasteiger partial charge is 0.129 e. The Labute approximate surface area is 112 Å². The molecule has 0 radical (unpaired) electrons. The molecule has 1 saturated carbocycles. The third-order valence-electron chi connectivity index (χ3n) is 4.03. The third kappa shape index (κ3) is 2.15. The summed E-state index contributed by atoms with van der Waals surface area (Å²) in [6.07, 6.45) is 4.45. The normalized spacial score (nSPS) is 29.5. The van der Waals surface area contributed by atoms with Crippen molar-refractivity contribution in [2.24, 2.45) is 5.73 Å². The molecule has 1 heterocycles. The summed E-state index contributed by atoms with van der Waals surface area (Å²) in [5.74, 6) is -0.226. The van der Waals surface area contributed by atoms with E-state index in [0.717, 1.165) is 19.4 Å². The number of hydrogen-bond donors (Lipinski definition) is 1. The first-order valence-corrected chi connectivity index (χ1v) is 7.01. The van der Waals surface area contributed by atoms with Crippen LogP contribution in [0.5, 0.6) is 0 Å². The fourth-order valence-electron chi connectivity index (χ4n) is 3.04. The molecule has 1 saturated heterocycles. The van der Waals surface area contributed by atoms with E-state index in [9.17, 15) is 4.39 Å². The predicted octanol–water partition coefficient (Wildman–Crippen LogP) is 3.11. The van der Waals surface area contributed by atoms with E-state index in [4.69, 9.17) is 17.3 Å². The van der Waals surface area contributed by atoms with Gasteiger partial charge in [-0.05, 0) is 44.4 Å². The molecule has 1 aromatic rings. The van der Waals surface area contributed by atoms with Gasteiger partial charge in [-0.3, -0.25) is 4.90 Å². The lowest BCUT2D eigenvalue weighted by Crippen LogP contribution is -2.47. The monoisotopic (exact) mass is 268 g/mol. The minimum Gasteiger partial charge on any atom is -0.326 e. The van der Waals surface area contributed by atoms with Gasteiger partial charge in [-0.15, -0.1) is 0 Å².